The second-order valence-electron chi connectivity index (χ2n) is 5.72. The van der Waals surface area contributed by atoms with Crippen molar-refractivity contribution in [3.8, 4) is 5.75 Å². The molecule has 0 aliphatic rings. The molecule has 0 radical (unpaired) electrons. The maximum absolute atomic E-state index is 5.80. The molecule has 2 nitrogen and oxygen atoms in total. The Hall–Kier alpha value is -0.540. The largest absolute Gasteiger partial charge is 0.494 e. The lowest BCUT2D eigenvalue weighted by molar-refractivity contribution is 0.182. The first-order valence-corrected chi connectivity index (χ1v) is 7.25. The highest BCUT2D eigenvalue weighted by Crippen LogP contribution is 2.28. The fourth-order valence-corrected chi connectivity index (χ4v) is 2.34. The summed E-state index contributed by atoms with van der Waals surface area (Å²) in [5, 5.41) is 3.27. The molecule has 1 rings (SSSR count). The van der Waals surface area contributed by atoms with Gasteiger partial charge in [0.05, 0.1) is 6.61 Å². The van der Waals surface area contributed by atoms with Crippen molar-refractivity contribution >= 4 is 15.9 Å². The van der Waals surface area contributed by atoms with Crippen LogP contribution in [0, 0.1) is 11.3 Å². The highest BCUT2D eigenvalue weighted by atomic mass is 79.9. The van der Waals surface area contributed by atoms with Crippen LogP contribution in [0.5, 0.6) is 5.75 Å². The second kappa shape index (κ2) is 7.15. The van der Waals surface area contributed by atoms with E-state index in [4.69, 9.17) is 4.74 Å². The smallest absolute Gasteiger partial charge is 0.120 e. The van der Waals surface area contributed by atoms with Gasteiger partial charge in [-0.2, -0.15) is 0 Å². The molecule has 0 aliphatic heterocycles. The van der Waals surface area contributed by atoms with E-state index in [9.17, 15) is 0 Å². The van der Waals surface area contributed by atoms with Crippen molar-refractivity contribution in [2.24, 2.45) is 11.3 Å². The third-order valence-corrected chi connectivity index (χ3v) is 3.70. The van der Waals surface area contributed by atoms with Crippen LogP contribution in [0.25, 0.3) is 0 Å². The molecule has 1 N–H and O–H groups in total. The third kappa shape index (κ3) is 5.40. The van der Waals surface area contributed by atoms with Crippen LogP contribution in [0.15, 0.2) is 28.7 Å². The van der Waals surface area contributed by atoms with Crippen molar-refractivity contribution in [2.45, 2.75) is 27.2 Å². The molecule has 0 amide bonds. The van der Waals surface area contributed by atoms with Crippen molar-refractivity contribution in [1.82, 2.24) is 5.32 Å². The van der Waals surface area contributed by atoms with Gasteiger partial charge in [0.2, 0.25) is 0 Å². The number of hydrogen-bond acceptors (Lipinski definition) is 2. The van der Waals surface area contributed by atoms with Gasteiger partial charge in [-0.15, -0.1) is 0 Å². The summed E-state index contributed by atoms with van der Waals surface area (Å²) < 4.78 is 6.86. The molecule has 102 valence electrons. The zero-order chi connectivity index (χ0) is 13.6. The molecule has 0 fully saturated rings. The van der Waals surface area contributed by atoms with Crippen LogP contribution >= 0.6 is 15.9 Å². The maximum atomic E-state index is 5.80. The van der Waals surface area contributed by atoms with Gasteiger partial charge in [0.1, 0.15) is 5.75 Å². The van der Waals surface area contributed by atoms with Gasteiger partial charge in [-0.3, -0.25) is 0 Å². The molecular formula is C15H24BrNO. The zero-order valence-corrected chi connectivity index (χ0v) is 13.4. The highest BCUT2D eigenvalue weighted by Gasteiger charge is 2.23. The van der Waals surface area contributed by atoms with Crippen LogP contribution < -0.4 is 10.1 Å². The Balaban J connectivity index is 2.44. The van der Waals surface area contributed by atoms with Gasteiger partial charge in [-0.25, -0.2) is 0 Å². The molecule has 0 heterocycles. The summed E-state index contributed by atoms with van der Waals surface area (Å²) in [6.45, 7) is 8.65. The topological polar surface area (TPSA) is 21.3 Å². The lowest BCUT2D eigenvalue weighted by Gasteiger charge is -2.30. The first-order valence-electron chi connectivity index (χ1n) is 6.46. The summed E-state index contributed by atoms with van der Waals surface area (Å²) in [6, 6.07) is 8.00. The molecule has 0 aliphatic carbocycles. The van der Waals surface area contributed by atoms with Gasteiger partial charge < -0.3 is 10.1 Å². The molecule has 1 aromatic carbocycles. The summed E-state index contributed by atoms with van der Waals surface area (Å²) in [5.41, 5.74) is 0.309. The number of halogens is 1. The van der Waals surface area contributed by atoms with Crippen LogP contribution in [0.1, 0.15) is 27.2 Å². The quantitative estimate of drug-likeness (QED) is 0.853. The van der Waals surface area contributed by atoms with Crippen LogP contribution in [0.3, 0.4) is 0 Å². The average Bonchev–Trinajstić information content (AvgIpc) is 2.27. The third-order valence-electron chi connectivity index (χ3n) is 3.21. The number of rotatable bonds is 6. The molecule has 3 heteroatoms. The Labute approximate surface area is 119 Å². The van der Waals surface area contributed by atoms with E-state index in [1.807, 2.05) is 31.3 Å². The molecule has 1 aromatic rings. The van der Waals surface area contributed by atoms with Gasteiger partial charge in [0.25, 0.3) is 0 Å². The molecule has 1 atom stereocenters. The standard InChI is InChI=1S/C15H24BrNO/c1-15(2,3)12(11-17-4)8-9-18-14-7-5-6-13(16)10-14/h5-7,10,12,17H,8-9,11H2,1-4H3. The van der Waals surface area contributed by atoms with Crippen LogP contribution in [-0.4, -0.2) is 20.2 Å². The minimum Gasteiger partial charge on any atom is -0.494 e. The zero-order valence-electron chi connectivity index (χ0n) is 11.8. The summed E-state index contributed by atoms with van der Waals surface area (Å²) in [7, 11) is 2.01. The van der Waals surface area contributed by atoms with E-state index in [1.54, 1.807) is 0 Å². The predicted octanol–water partition coefficient (Wildman–Crippen LogP) is 4.10. The minimum absolute atomic E-state index is 0.309. The molecule has 1 unspecified atom stereocenters. The summed E-state index contributed by atoms with van der Waals surface area (Å²) >= 11 is 3.45. The van der Waals surface area contributed by atoms with E-state index in [-0.39, 0.29) is 0 Å². The van der Waals surface area contributed by atoms with Crippen LogP contribution in [0.2, 0.25) is 0 Å². The molecule has 0 saturated heterocycles. The van der Waals surface area contributed by atoms with Crippen LogP contribution in [0.4, 0.5) is 0 Å². The first kappa shape index (κ1) is 15.5. The normalized spacial score (nSPS) is 13.4. The monoisotopic (exact) mass is 313 g/mol. The predicted molar refractivity (Wildman–Crippen MR) is 81.1 cm³/mol. The molecule has 18 heavy (non-hydrogen) atoms. The average molecular weight is 314 g/mol. The van der Waals surface area contributed by atoms with E-state index >= 15 is 0 Å². The van der Waals surface area contributed by atoms with Crippen molar-refractivity contribution in [2.75, 3.05) is 20.2 Å². The molecular weight excluding hydrogens is 290 g/mol. The van der Waals surface area contributed by atoms with Gasteiger partial charge >= 0.3 is 0 Å². The summed E-state index contributed by atoms with van der Waals surface area (Å²) in [5.74, 6) is 1.55. The fraction of sp³-hybridized carbons (Fsp3) is 0.600. The van der Waals surface area contributed by atoms with E-state index < -0.39 is 0 Å². The number of hydrogen-bond donors (Lipinski definition) is 1. The Morgan fingerprint density at radius 3 is 2.61 bits per heavy atom. The first-order chi connectivity index (χ1) is 8.43. The van der Waals surface area contributed by atoms with Gasteiger partial charge in [-0.05, 0) is 49.5 Å². The minimum atomic E-state index is 0.309. The molecule has 0 spiro atoms. The Kier molecular flexibility index (Phi) is 6.16. The number of ether oxygens (including phenoxy) is 1. The van der Waals surface area contributed by atoms with Gasteiger partial charge in [0.15, 0.2) is 0 Å². The van der Waals surface area contributed by atoms with E-state index in [1.165, 1.54) is 0 Å². The van der Waals surface area contributed by atoms with E-state index in [2.05, 4.69) is 42.0 Å². The molecule has 0 bridgehead atoms. The summed E-state index contributed by atoms with van der Waals surface area (Å²) in [4.78, 5) is 0. The number of benzene rings is 1. The highest BCUT2D eigenvalue weighted by molar-refractivity contribution is 9.10. The van der Waals surface area contributed by atoms with E-state index in [0.29, 0.717) is 11.3 Å². The molecule has 0 aromatic heterocycles. The van der Waals surface area contributed by atoms with Crippen molar-refractivity contribution in [3.05, 3.63) is 28.7 Å². The number of nitrogens with one attached hydrogen (secondary N) is 1. The molecule has 0 saturated carbocycles. The Bertz CT molecular complexity index is 360. The lowest BCUT2D eigenvalue weighted by atomic mass is 9.79. The Morgan fingerprint density at radius 2 is 2.06 bits per heavy atom. The second-order valence-corrected chi connectivity index (χ2v) is 6.63. The van der Waals surface area contributed by atoms with Gasteiger partial charge in [0, 0.05) is 4.47 Å². The SMILES string of the molecule is CNCC(CCOc1cccc(Br)c1)C(C)(C)C. The fourth-order valence-electron chi connectivity index (χ4n) is 1.96. The summed E-state index contributed by atoms with van der Waals surface area (Å²) in [6.07, 6.45) is 1.07. The Morgan fingerprint density at radius 1 is 1.33 bits per heavy atom. The van der Waals surface area contributed by atoms with Gasteiger partial charge in [-0.1, -0.05) is 42.8 Å². The van der Waals surface area contributed by atoms with Crippen LogP contribution in [-0.2, 0) is 0 Å². The van der Waals surface area contributed by atoms with E-state index in [0.717, 1.165) is 29.8 Å². The van der Waals surface area contributed by atoms with Crippen molar-refractivity contribution in [1.29, 1.82) is 0 Å². The van der Waals surface area contributed by atoms with Crippen molar-refractivity contribution < 1.29 is 4.74 Å². The maximum Gasteiger partial charge on any atom is 0.120 e. The van der Waals surface area contributed by atoms with Crippen molar-refractivity contribution in [3.63, 3.8) is 0 Å². The lowest BCUT2D eigenvalue weighted by Crippen LogP contribution is -2.31.